The predicted molar refractivity (Wildman–Crippen MR) is 41.4 cm³/mol. The molecule has 0 unspecified atom stereocenters. The second-order valence-corrected chi connectivity index (χ2v) is 3.18. The molecule has 0 spiro atoms. The Kier molecular flexibility index (Phi) is 3.33. The molecule has 4 nitrogen and oxygen atoms in total. The van der Waals surface area contributed by atoms with E-state index in [1.807, 2.05) is 5.32 Å². The molecule has 0 aromatic rings. The number of hydrogen-bond acceptors (Lipinski definition) is 3. The predicted octanol–water partition coefficient (Wildman–Crippen LogP) is -0.755. The number of hydrogen-bond donors (Lipinski definition) is 3. The van der Waals surface area contributed by atoms with Crippen molar-refractivity contribution >= 4 is 5.91 Å². The van der Waals surface area contributed by atoms with Crippen molar-refractivity contribution in [1.82, 2.24) is 10.6 Å². The summed E-state index contributed by atoms with van der Waals surface area (Å²) in [6.07, 6.45) is -4.86. The van der Waals surface area contributed by atoms with E-state index in [4.69, 9.17) is 5.11 Å². The van der Waals surface area contributed by atoms with Crippen LogP contribution >= 0.6 is 0 Å². The number of carbonyl (C=O) groups excluding carboxylic acids is 1. The zero-order valence-electron chi connectivity index (χ0n) is 7.27. The van der Waals surface area contributed by atoms with E-state index in [2.05, 4.69) is 5.32 Å². The van der Waals surface area contributed by atoms with Crippen LogP contribution < -0.4 is 10.6 Å². The first kappa shape index (κ1) is 11.3. The quantitative estimate of drug-likeness (QED) is 0.564. The first-order valence-corrected chi connectivity index (χ1v) is 4.14. The summed E-state index contributed by atoms with van der Waals surface area (Å²) in [4.78, 5) is 10.5. The van der Waals surface area contributed by atoms with Crippen LogP contribution in [0.3, 0.4) is 0 Å². The van der Waals surface area contributed by atoms with Gasteiger partial charge >= 0.3 is 12.1 Å². The molecule has 0 aromatic carbocycles. The summed E-state index contributed by atoms with van der Waals surface area (Å²) in [5.41, 5.74) is 0. The molecule has 2 atom stereocenters. The molecule has 1 fully saturated rings. The molecule has 82 valence electrons. The van der Waals surface area contributed by atoms with Crippen LogP contribution in [0.15, 0.2) is 0 Å². The highest BCUT2D eigenvalue weighted by atomic mass is 19.4. The van der Waals surface area contributed by atoms with E-state index >= 15 is 0 Å². The van der Waals surface area contributed by atoms with Gasteiger partial charge in [-0.2, -0.15) is 13.2 Å². The van der Waals surface area contributed by atoms with E-state index < -0.39 is 18.1 Å². The zero-order valence-corrected chi connectivity index (χ0v) is 7.27. The molecule has 1 aliphatic rings. The normalized spacial score (nSPS) is 27.7. The van der Waals surface area contributed by atoms with E-state index in [0.717, 1.165) is 0 Å². The SMILES string of the molecule is O=C(N[C@H]1CNC[C@@H]1CO)C(F)(F)F. The van der Waals surface area contributed by atoms with Gasteiger partial charge in [0.2, 0.25) is 0 Å². The Hall–Kier alpha value is -0.820. The molecule has 1 rings (SSSR count). The van der Waals surface area contributed by atoms with Gasteiger partial charge in [-0.3, -0.25) is 4.79 Å². The third kappa shape index (κ3) is 2.58. The Morgan fingerprint density at radius 3 is 2.64 bits per heavy atom. The van der Waals surface area contributed by atoms with Gasteiger partial charge in [-0.15, -0.1) is 0 Å². The molecule has 0 aromatic heterocycles. The van der Waals surface area contributed by atoms with Crippen molar-refractivity contribution in [3.05, 3.63) is 0 Å². The van der Waals surface area contributed by atoms with Crippen LogP contribution in [0.25, 0.3) is 0 Å². The van der Waals surface area contributed by atoms with Gasteiger partial charge in [-0.1, -0.05) is 0 Å². The number of amides is 1. The number of aliphatic hydroxyl groups is 1. The van der Waals surface area contributed by atoms with Crippen molar-refractivity contribution in [2.45, 2.75) is 12.2 Å². The molecular weight excluding hydrogens is 201 g/mol. The molecule has 0 aliphatic carbocycles. The lowest BCUT2D eigenvalue weighted by molar-refractivity contribution is -0.174. The topological polar surface area (TPSA) is 61.4 Å². The van der Waals surface area contributed by atoms with Crippen molar-refractivity contribution in [1.29, 1.82) is 0 Å². The van der Waals surface area contributed by atoms with E-state index in [1.54, 1.807) is 0 Å². The number of alkyl halides is 3. The summed E-state index contributed by atoms with van der Waals surface area (Å²) in [6.45, 7) is 0.433. The average molecular weight is 212 g/mol. The standard InChI is InChI=1S/C7H11F3N2O2/c8-7(9,10)6(14)12-5-2-11-1-4(5)3-13/h4-5,11,13H,1-3H2,(H,12,14)/t4-,5+/m1/s1. The van der Waals surface area contributed by atoms with Crippen LogP contribution in [0.4, 0.5) is 13.2 Å². The third-order valence-corrected chi connectivity index (χ3v) is 2.15. The molecule has 1 heterocycles. The highest BCUT2D eigenvalue weighted by Gasteiger charge is 2.41. The third-order valence-electron chi connectivity index (χ3n) is 2.15. The molecule has 1 aliphatic heterocycles. The molecule has 0 radical (unpaired) electrons. The van der Waals surface area contributed by atoms with E-state index in [1.165, 1.54) is 0 Å². The number of aliphatic hydroxyl groups excluding tert-OH is 1. The maximum atomic E-state index is 11.8. The van der Waals surface area contributed by atoms with Crippen LogP contribution in [-0.2, 0) is 4.79 Å². The fourth-order valence-electron chi connectivity index (χ4n) is 1.34. The lowest BCUT2D eigenvalue weighted by atomic mass is 10.1. The summed E-state index contributed by atoms with van der Waals surface area (Å²) >= 11 is 0. The Morgan fingerprint density at radius 1 is 1.50 bits per heavy atom. The van der Waals surface area contributed by atoms with E-state index in [9.17, 15) is 18.0 Å². The first-order valence-electron chi connectivity index (χ1n) is 4.14. The minimum atomic E-state index is -4.86. The molecule has 1 amide bonds. The van der Waals surface area contributed by atoms with Gasteiger partial charge in [0.1, 0.15) is 0 Å². The lowest BCUT2D eigenvalue weighted by Crippen LogP contribution is -2.47. The minimum Gasteiger partial charge on any atom is -0.396 e. The van der Waals surface area contributed by atoms with Crippen molar-refractivity contribution < 1.29 is 23.1 Å². The smallest absolute Gasteiger partial charge is 0.396 e. The van der Waals surface area contributed by atoms with Crippen molar-refractivity contribution in [3.63, 3.8) is 0 Å². The molecule has 14 heavy (non-hydrogen) atoms. The van der Waals surface area contributed by atoms with E-state index in [-0.39, 0.29) is 19.1 Å². The average Bonchev–Trinajstić information content (AvgIpc) is 2.50. The van der Waals surface area contributed by atoms with Crippen LogP contribution in [0.2, 0.25) is 0 Å². The Bertz CT molecular complexity index is 219. The lowest BCUT2D eigenvalue weighted by Gasteiger charge is -2.18. The van der Waals surface area contributed by atoms with Gasteiger partial charge in [0.25, 0.3) is 0 Å². The van der Waals surface area contributed by atoms with Gasteiger partial charge in [0.05, 0.1) is 0 Å². The molecule has 0 bridgehead atoms. The van der Waals surface area contributed by atoms with Crippen molar-refractivity contribution in [2.24, 2.45) is 5.92 Å². The van der Waals surface area contributed by atoms with Crippen LogP contribution in [0.5, 0.6) is 0 Å². The summed E-state index contributed by atoms with van der Waals surface area (Å²) < 4.78 is 35.5. The van der Waals surface area contributed by atoms with Gasteiger partial charge < -0.3 is 15.7 Å². The monoisotopic (exact) mass is 212 g/mol. The fraction of sp³-hybridized carbons (Fsp3) is 0.857. The second kappa shape index (κ2) is 4.14. The molecule has 3 N–H and O–H groups in total. The second-order valence-electron chi connectivity index (χ2n) is 3.18. The van der Waals surface area contributed by atoms with Gasteiger partial charge in [0, 0.05) is 31.7 Å². The van der Waals surface area contributed by atoms with Crippen molar-refractivity contribution in [3.8, 4) is 0 Å². The maximum Gasteiger partial charge on any atom is 0.471 e. The van der Waals surface area contributed by atoms with Gasteiger partial charge in [0.15, 0.2) is 0 Å². The number of nitrogens with one attached hydrogen (secondary N) is 2. The van der Waals surface area contributed by atoms with Gasteiger partial charge in [-0.05, 0) is 0 Å². The molecule has 7 heteroatoms. The Labute approximate surface area is 78.5 Å². The summed E-state index contributed by atoms with van der Waals surface area (Å²) in [7, 11) is 0. The van der Waals surface area contributed by atoms with Crippen LogP contribution in [-0.4, -0.2) is 42.9 Å². The van der Waals surface area contributed by atoms with Crippen molar-refractivity contribution in [2.75, 3.05) is 19.7 Å². The first-order chi connectivity index (χ1) is 6.45. The number of rotatable bonds is 2. The van der Waals surface area contributed by atoms with Gasteiger partial charge in [-0.25, -0.2) is 0 Å². The molecule has 1 saturated heterocycles. The summed E-state index contributed by atoms with van der Waals surface area (Å²) in [5.74, 6) is -2.30. The fourth-order valence-corrected chi connectivity index (χ4v) is 1.34. The summed E-state index contributed by atoms with van der Waals surface area (Å²) in [5, 5.41) is 13.4. The van der Waals surface area contributed by atoms with Crippen LogP contribution in [0.1, 0.15) is 0 Å². The Morgan fingerprint density at radius 2 is 2.14 bits per heavy atom. The minimum absolute atomic E-state index is 0.240. The zero-order chi connectivity index (χ0) is 10.8. The highest BCUT2D eigenvalue weighted by molar-refractivity contribution is 5.82. The number of halogens is 3. The maximum absolute atomic E-state index is 11.8. The van der Waals surface area contributed by atoms with E-state index in [0.29, 0.717) is 6.54 Å². The number of carbonyl (C=O) groups is 1. The highest BCUT2D eigenvalue weighted by Crippen LogP contribution is 2.16. The molecule has 0 saturated carbocycles. The molecular formula is C7H11F3N2O2. The Balaban J connectivity index is 2.48. The summed E-state index contributed by atoms with van der Waals surface area (Å²) in [6, 6.07) is -0.644. The van der Waals surface area contributed by atoms with Crippen LogP contribution in [0, 0.1) is 5.92 Å². The largest absolute Gasteiger partial charge is 0.471 e.